The van der Waals surface area contributed by atoms with Crippen molar-refractivity contribution in [3.05, 3.63) is 27.1 Å². The van der Waals surface area contributed by atoms with Gasteiger partial charge in [-0.3, -0.25) is 4.68 Å². The topological polar surface area (TPSA) is 34.9 Å². The number of aromatic nitrogens is 2. The van der Waals surface area contributed by atoms with Gasteiger partial charge in [-0.15, -0.1) is 11.3 Å². The van der Waals surface area contributed by atoms with Crippen LogP contribution >= 0.6 is 38.9 Å². The molecule has 2 aromatic heterocycles. The molecule has 0 bridgehead atoms. The SMILES string of the molecule is CC(C)(C=O)n1cc(Br)c(-c2sccc2Cl)n1. The van der Waals surface area contributed by atoms with Crippen LogP contribution < -0.4 is 0 Å². The van der Waals surface area contributed by atoms with Gasteiger partial charge in [-0.2, -0.15) is 5.10 Å². The first-order valence-electron chi connectivity index (χ1n) is 4.91. The number of thiophene rings is 1. The van der Waals surface area contributed by atoms with E-state index in [2.05, 4.69) is 21.0 Å². The summed E-state index contributed by atoms with van der Waals surface area (Å²) in [7, 11) is 0. The summed E-state index contributed by atoms with van der Waals surface area (Å²) >= 11 is 11.0. The number of carbonyl (C=O) groups excluding carboxylic acids is 1. The van der Waals surface area contributed by atoms with Gasteiger partial charge in [0.2, 0.25) is 0 Å². The minimum Gasteiger partial charge on any atom is -0.301 e. The monoisotopic (exact) mass is 332 g/mol. The molecule has 0 aliphatic carbocycles. The summed E-state index contributed by atoms with van der Waals surface area (Å²) in [4.78, 5) is 11.9. The first kappa shape index (κ1) is 12.8. The number of rotatable bonds is 3. The lowest BCUT2D eigenvalue weighted by Gasteiger charge is -2.16. The molecule has 0 saturated carbocycles. The van der Waals surface area contributed by atoms with Gasteiger partial charge >= 0.3 is 0 Å². The first-order valence-corrected chi connectivity index (χ1v) is 6.96. The minimum atomic E-state index is -0.662. The van der Waals surface area contributed by atoms with Crippen LogP contribution in [-0.4, -0.2) is 16.1 Å². The van der Waals surface area contributed by atoms with Crippen molar-refractivity contribution < 1.29 is 4.79 Å². The quantitative estimate of drug-likeness (QED) is 0.797. The van der Waals surface area contributed by atoms with Gasteiger partial charge in [0, 0.05) is 6.20 Å². The highest BCUT2D eigenvalue weighted by molar-refractivity contribution is 9.10. The van der Waals surface area contributed by atoms with Crippen LogP contribution in [0.2, 0.25) is 5.02 Å². The molecule has 2 aromatic rings. The lowest BCUT2D eigenvalue weighted by atomic mass is 10.1. The Kier molecular flexibility index (Phi) is 3.43. The second-order valence-corrected chi connectivity index (χ2v) is 6.32. The second-order valence-electron chi connectivity index (χ2n) is 4.14. The van der Waals surface area contributed by atoms with E-state index in [4.69, 9.17) is 11.6 Å². The van der Waals surface area contributed by atoms with Crippen LogP contribution in [0.15, 0.2) is 22.1 Å². The summed E-state index contributed by atoms with van der Waals surface area (Å²) in [6, 6.07) is 1.83. The lowest BCUT2D eigenvalue weighted by Crippen LogP contribution is -2.28. The molecule has 0 amide bonds. The Balaban J connectivity index is 2.52. The van der Waals surface area contributed by atoms with Crippen molar-refractivity contribution in [2.75, 3.05) is 0 Å². The molecule has 6 heteroatoms. The van der Waals surface area contributed by atoms with Crippen molar-refractivity contribution in [2.45, 2.75) is 19.4 Å². The maximum atomic E-state index is 11.0. The van der Waals surface area contributed by atoms with Crippen LogP contribution in [0.3, 0.4) is 0 Å². The van der Waals surface area contributed by atoms with Gasteiger partial charge in [0.15, 0.2) is 0 Å². The van der Waals surface area contributed by atoms with Crippen LogP contribution in [-0.2, 0) is 10.3 Å². The molecular formula is C11H10BrClN2OS. The van der Waals surface area contributed by atoms with E-state index in [-0.39, 0.29) is 0 Å². The fourth-order valence-electron chi connectivity index (χ4n) is 1.32. The normalized spacial score (nSPS) is 11.8. The van der Waals surface area contributed by atoms with E-state index >= 15 is 0 Å². The summed E-state index contributed by atoms with van der Waals surface area (Å²) in [5.74, 6) is 0. The summed E-state index contributed by atoms with van der Waals surface area (Å²) in [5.41, 5.74) is 0.102. The number of aldehydes is 1. The van der Waals surface area contributed by atoms with E-state index in [9.17, 15) is 4.79 Å². The van der Waals surface area contributed by atoms with Crippen molar-refractivity contribution in [3.63, 3.8) is 0 Å². The van der Waals surface area contributed by atoms with Gasteiger partial charge < -0.3 is 4.79 Å². The molecule has 0 aliphatic heterocycles. The number of hydrogen-bond donors (Lipinski definition) is 0. The van der Waals surface area contributed by atoms with E-state index in [1.54, 1.807) is 24.7 Å². The average molecular weight is 334 g/mol. The Bertz CT molecular complexity index is 562. The molecular weight excluding hydrogens is 324 g/mol. The highest BCUT2D eigenvalue weighted by atomic mass is 79.9. The molecule has 17 heavy (non-hydrogen) atoms. The summed E-state index contributed by atoms with van der Waals surface area (Å²) in [5, 5.41) is 7.00. The molecule has 0 aromatic carbocycles. The molecule has 0 saturated heterocycles. The molecule has 3 nitrogen and oxygen atoms in total. The number of carbonyl (C=O) groups is 1. The highest BCUT2D eigenvalue weighted by Gasteiger charge is 2.23. The molecule has 2 rings (SSSR count). The Morgan fingerprint density at radius 3 is 2.82 bits per heavy atom. The Labute approximate surface area is 117 Å². The van der Waals surface area contributed by atoms with Crippen LogP contribution in [0, 0.1) is 0 Å². The summed E-state index contributed by atoms with van der Waals surface area (Å²) in [6.07, 6.45) is 2.66. The Morgan fingerprint density at radius 2 is 2.29 bits per heavy atom. The second kappa shape index (κ2) is 4.55. The molecule has 0 atom stereocenters. The summed E-state index contributed by atoms with van der Waals surface area (Å²) < 4.78 is 2.46. The third-order valence-electron chi connectivity index (χ3n) is 2.38. The maximum absolute atomic E-state index is 11.0. The van der Waals surface area contributed by atoms with Gasteiger partial charge in [0.25, 0.3) is 0 Å². The van der Waals surface area contributed by atoms with Crippen molar-refractivity contribution in [1.29, 1.82) is 0 Å². The van der Waals surface area contributed by atoms with E-state index in [0.717, 1.165) is 21.3 Å². The van der Waals surface area contributed by atoms with Crippen LogP contribution in [0.4, 0.5) is 0 Å². The molecule has 0 spiro atoms. The fraction of sp³-hybridized carbons (Fsp3) is 0.273. The molecule has 90 valence electrons. The van der Waals surface area contributed by atoms with Crippen LogP contribution in [0.5, 0.6) is 0 Å². The number of nitrogens with zero attached hydrogens (tertiary/aromatic N) is 2. The van der Waals surface area contributed by atoms with E-state index in [0.29, 0.717) is 5.02 Å². The third kappa shape index (κ3) is 2.32. The van der Waals surface area contributed by atoms with E-state index < -0.39 is 5.54 Å². The van der Waals surface area contributed by atoms with E-state index in [1.807, 2.05) is 11.4 Å². The molecule has 0 radical (unpaired) electrons. The van der Waals surface area contributed by atoms with E-state index in [1.165, 1.54) is 11.3 Å². The summed E-state index contributed by atoms with van der Waals surface area (Å²) in [6.45, 7) is 3.61. The fourth-order valence-corrected chi connectivity index (χ4v) is 3.07. The molecule has 2 heterocycles. The minimum absolute atomic E-state index is 0.662. The van der Waals surface area contributed by atoms with Gasteiger partial charge in [0.1, 0.15) is 17.5 Å². The molecule has 0 N–H and O–H groups in total. The molecule has 0 aliphatic rings. The number of halogens is 2. The Hall–Kier alpha value is -0.650. The average Bonchev–Trinajstić information content (AvgIpc) is 2.85. The van der Waals surface area contributed by atoms with Crippen molar-refractivity contribution in [3.8, 4) is 10.6 Å². The van der Waals surface area contributed by atoms with Gasteiger partial charge in [0.05, 0.1) is 14.4 Å². The largest absolute Gasteiger partial charge is 0.301 e. The highest BCUT2D eigenvalue weighted by Crippen LogP contribution is 2.37. The zero-order chi connectivity index (χ0) is 12.6. The lowest BCUT2D eigenvalue weighted by molar-refractivity contribution is -0.114. The van der Waals surface area contributed by atoms with Gasteiger partial charge in [-0.1, -0.05) is 11.6 Å². The molecule has 0 fully saturated rings. The zero-order valence-corrected chi connectivity index (χ0v) is 12.4. The van der Waals surface area contributed by atoms with Crippen LogP contribution in [0.1, 0.15) is 13.8 Å². The Morgan fingerprint density at radius 1 is 1.59 bits per heavy atom. The third-order valence-corrected chi connectivity index (χ3v) is 4.31. The maximum Gasteiger partial charge on any atom is 0.147 e. The first-order chi connectivity index (χ1) is 7.95. The zero-order valence-electron chi connectivity index (χ0n) is 9.28. The van der Waals surface area contributed by atoms with Crippen molar-refractivity contribution >= 4 is 45.2 Å². The standard InChI is InChI=1S/C11H10BrClN2OS/c1-11(2,6-16)15-5-7(12)9(14-15)10-8(13)3-4-17-10/h3-6H,1-2H3. The predicted molar refractivity (Wildman–Crippen MR) is 73.6 cm³/mol. The van der Waals surface area contributed by atoms with Crippen molar-refractivity contribution in [2.24, 2.45) is 0 Å². The van der Waals surface area contributed by atoms with Crippen molar-refractivity contribution in [1.82, 2.24) is 9.78 Å². The predicted octanol–water partition coefficient (Wildman–Crippen LogP) is 3.96. The van der Waals surface area contributed by atoms with Gasteiger partial charge in [-0.25, -0.2) is 0 Å². The number of hydrogen-bond acceptors (Lipinski definition) is 3. The smallest absolute Gasteiger partial charge is 0.147 e. The molecule has 0 unspecified atom stereocenters. The van der Waals surface area contributed by atoms with Gasteiger partial charge in [-0.05, 0) is 41.2 Å². The van der Waals surface area contributed by atoms with Crippen LogP contribution in [0.25, 0.3) is 10.6 Å².